The van der Waals surface area contributed by atoms with Crippen LogP contribution in [0.25, 0.3) is 0 Å². The maximum absolute atomic E-state index is 10.00. The fourth-order valence-corrected chi connectivity index (χ4v) is 2.63. The van der Waals surface area contributed by atoms with Gasteiger partial charge in [0.05, 0.1) is 56.8 Å². The Morgan fingerprint density at radius 3 is 2.41 bits per heavy atom. The summed E-state index contributed by atoms with van der Waals surface area (Å²) in [6, 6.07) is -1.69. The quantitative estimate of drug-likeness (QED) is 0.236. The van der Waals surface area contributed by atoms with Gasteiger partial charge in [0.2, 0.25) is 0 Å². The third kappa shape index (κ3) is 3.26. The van der Waals surface area contributed by atoms with E-state index in [1.807, 2.05) is 0 Å². The molecule has 130 valence electrons. The summed E-state index contributed by atoms with van der Waals surface area (Å²) in [5.41, 5.74) is -1.82. The number of ether oxygens (including phenoxy) is 2. The zero-order valence-corrected chi connectivity index (χ0v) is 11.8. The summed E-state index contributed by atoms with van der Waals surface area (Å²) < 4.78 is 10.2. The molecule has 10 heteroatoms. The molecular formula is C12H23NO9. The van der Waals surface area contributed by atoms with Gasteiger partial charge in [0.25, 0.3) is 0 Å². The molecule has 2 saturated heterocycles. The van der Waals surface area contributed by atoms with Crippen molar-refractivity contribution in [1.29, 1.82) is 0 Å². The van der Waals surface area contributed by atoms with Gasteiger partial charge < -0.3 is 50.5 Å². The van der Waals surface area contributed by atoms with Crippen LogP contribution in [0.4, 0.5) is 0 Å². The first-order chi connectivity index (χ1) is 10.3. The molecule has 2 aliphatic heterocycles. The molecule has 0 bridgehead atoms. The Hall–Kier alpha value is -0.400. The average molecular weight is 325 g/mol. The van der Waals surface area contributed by atoms with Crippen LogP contribution < -0.4 is 5.32 Å². The molecule has 0 aromatic carbocycles. The van der Waals surface area contributed by atoms with Gasteiger partial charge in [-0.25, -0.2) is 0 Å². The van der Waals surface area contributed by atoms with Crippen LogP contribution in [0.2, 0.25) is 0 Å². The predicted molar refractivity (Wildman–Crippen MR) is 69.6 cm³/mol. The summed E-state index contributed by atoms with van der Waals surface area (Å²) >= 11 is 0. The number of hydrogen-bond donors (Lipinski definition) is 8. The lowest BCUT2D eigenvalue weighted by Crippen LogP contribution is -2.49. The highest BCUT2D eigenvalue weighted by Gasteiger charge is 2.49. The first-order valence-corrected chi connectivity index (χ1v) is 6.99. The van der Waals surface area contributed by atoms with Gasteiger partial charge in [-0.05, 0) is 0 Å². The molecule has 0 aliphatic carbocycles. The van der Waals surface area contributed by atoms with Crippen molar-refractivity contribution in [2.75, 3.05) is 26.4 Å². The molecule has 10 nitrogen and oxygen atoms in total. The highest BCUT2D eigenvalue weighted by molar-refractivity contribution is 5.01. The van der Waals surface area contributed by atoms with Gasteiger partial charge >= 0.3 is 0 Å². The molecular weight excluding hydrogens is 302 g/mol. The second-order valence-electron chi connectivity index (χ2n) is 5.75. The topological polar surface area (TPSA) is 172 Å². The fraction of sp³-hybridized carbons (Fsp3) is 1.00. The van der Waals surface area contributed by atoms with E-state index in [0.717, 1.165) is 0 Å². The van der Waals surface area contributed by atoms with E-state index in [-0.39, 0.29) is 13.2 Å². The maximum Gasteiger partial charge on any atom is 0.186 e. The molecule has 0 aromatic rings. The summed E-state index contributed by atoms with van der Waals surface area (Å²) in [4.78, 5) is 0. The second-order valence-corrected chi connectivity index (χ2v) is 5.75. The Morgan fingerprint density at radius 2 is 1.91 bits per heavy atom. The molecule has 0 aromatic heterocycles. The van der Waals surface area contributed by atoms with Gasteiger partial charge in [-0.1, -0.05) is 0 Å². The van der Waals surface area contributed by atoms with E-state index < -0.39 is 61.6 Å². The first-order valence-electron chi connectivity index (χ1n) is 6.99. The first kappa shape index (κ1) is 17.9. The lowest BCUT2D eigenvalue weighted by molar-refractivity contribution is -0.177. The zero-order valence-electron chi connectivity index (χ0n) is 11.8. The van der Waals surface area contributed by atoms with E-state index in [1.165, 1.54) is 0 Å². The van der Waals surface area contributed by atoms with Gasteiger partial charge in [0.1, 0.15) is 11.7 Å². The van der Waals surface area contributed by atoms with Crippen LogP contribution in [0.3, 0.4) is 0 Å². The minimum absolute atomic E-state index is 0.318. The summed E-state index contributed by atoms with van der Waals surface area (Å²) in [5.74, 6) is 0. The largest absolute Gasteiger partial charge is 0.395 e. The van der Waals surface area contributed by atoms with Crippen LogP contribution in [0.5, 0.6) is 0 Å². The third-order valence-corrected chi connectivity index (χ3v) is 4.16. The van der Waals surface area contributed by atoms with E-state index in [1.54, 1.807) is 0 Å². The maximum atomic E-state index is 10.00. The molecule has 8 N–H and O–H groups in total. The number of rotatable bonds is 6. The minimum atomic E-state index is -1.82. The van der Waals surface area contributed by atoms with Gasteiger partial charge in [0, 0.05) is 0 Å². The van der Waals surface area contributed by atoms with Crippen LogP contribution in [-0.2, 0) is 9.47 Å². The Bertz CT molecular complexity index is 373. The van der Waals surface area contributed by atoms with E-state index in [2.05, 4.69) is 5.32 Å². The summed E-state index contributed by atoms with van der Waals surface area (Å²) in [6.45, 7) is -1.79. The molecule has 2 aliphatic rings. The Labute approximate surface area is 126 Å². The highest BCUT2D eigenvalue weighted by Crippen LogP contribution is 2.26. The fourth-order valence-electron chi connectivity index (χ4n) is 2.63. The Balaban J connectivity index is 1.85. The zero-order chi connectivity index (χ0) is 16.5. The Morgan fingerprint density at radius 1 is 1.23 bits per heavy atom. The van der Waals surface area contributed by atoms with E-state index in [0.29, 0.717) is 0 Å². The molecule has 2 rings (SSSR count). The number of hydrogen-bond acceptors (Lipinski definition) is 10. The molecule has 0 radical (unpaired) electrons. The van der Waals surface area contributed by atoms with Crippen LogP contribution in [0, 0.1) is 0 Å². The monoisotopic (exact) mass is 325 g/mol. The Kier molecular flexibility index (Phi) is 5.72. The van der Waals surface area contributed by atoms with Crippen molar-refractivity contribution in [3.05, 3.63) is 0 Å². The van der Waals surface area contributed by atoms with E-state index in [4.69, 9.17) is 19.7 Å². The highest BCUT2D eigenvalue weighted by atomic mass is 16.7. The van der Waals surface area contributed by atoms with Crippen molar-refractivity contribution in [3.63, 3.8) is 0 Å². The number of nitrogens with one attached hydrogen (secondary N) is 1. The molecule has 2 heterocycles. The SMILES string of the molecule is OC[C@H]1N[C@H]([C@H](O)COC2OCC(O)(CO)C2O)[C@@H](O)[C@@H]1O. The molecule has 0 spiro atoms. The lowest BCUT2D eigenvalue weighted by Gasteiger charge is -2.26. The van der Waals surface area contributed by atoms with Crippen LogP contribution in [-0.4, -0.2) is 111 Å². The van der Waals surface area contributed by atoms with E-state index in [9.17, 15) is 25.5 Å². The lowest BCUT2D eigenvalue weighted by atomic mass is 10.0. The molecule has 0 amide bonds. The third-order valence-electron chi connectivity index (χ3n) is 4.16. The van der Waals surface area contributed by atoms with Crippen molar-refractivity contribution < 1.29 is 45.2 Å². The summed E-state index contributed by atoms with van der Waals surface area (Å²) in [7, 11) is 0. The van der Waals surface area contributed by atoms with Crippen LogP contribution >= 0.6 is 0 Å². The van der Waals surface area contributed by atoms with Crippen LogP contribution in [0.15, 0.2) is 0 Å². The van der Waals surface area contributed by atoms with Crippen molar-refractivity contribution in [2.24, 2.45) is 0 Å². The van der Waals surface area contributed by atoms with Gasteiger partial charge in [-0.3, -0.25) is 0 Å². The van der Waals surface area contributed by atoms with Gasteiger partial charge in [-0.15, -0.1) is 0 Å². The second kappa shape index (κ2) is 7.01. The molecule has 0 saturated carbocycles. The van der Waals surface area contributed by atoms with E-state index >= 15 is 0 Å². The molecule has 3 unspecified atom stereocenters. The standard InChI is InChI=1S/C12H23NO9/c14-1-5-8(17)9(18)7(13-5)6(16)2-21-11-10(19)12(20,3-15)4-22-11/h5-11,13-20H,1-4H2/t5-,6-,7-,8-,9-,10?,11?,12?/m1/s1. The smallest absolute Gasteiger partial charge is 0.186 e. The van der Waals surface area contributed by atoms with Gasteiger partial charge in [-0.2, -0.15) is 0 Å². The summed E-state index contributed by atoms with van der Waals surface area (Å²) in [6.07, 6.45) is -6.48. The average Bonchev–Trinajstić information content (AvgIpc) is 2.96. The van der Waals surface area contributed by atoms with Crippen molar-refractivity contribution in [1.82, 2.24) is 5.32 Å². The molecule has 22 heavy (non-hydrogen) atoms. The number of aliphatic hydroxyl groups is 7. The van der Waals surface area contributed by atoms with Gasteiger partial charge in [0.15, 0.2) is 6.29 Å². The van der Waals surface area contributed by atoms with Crippen molar-refractivity contribution in [3.8, 4) is 0 Å². The predicted octanol–water partition coefficient (Wildman–Crippen LogP) is -5.14. The van der Waals surface area contributed by atoms with Crippen LogP contribution in [0.1, 0.15) is 0 Å². The normalized spacial score (nSPS) is 47.0. The molecule has 2 fully saturated rings. The summed E-state index contributed by atoms with van der Waals surface area (Å²) in [5, 5.41) is 69.7. The number of aliphatic hydroxyl groups excluding tert-OH is 6. The molecule has 8 atom stereocenters. The van der Waals surface area contributed by atoms with Crippen molar-refractivity contribution >= 4 is 0 Å². The minimum Gasteiger partial charge on any atom is -0.395 e. The van der Waals surface area contributed by atoms with Crippen molar-refractivity contribution in [2.45, 2.75) is 48.4 Å².